The average molecular weight is 413 g/mol. The molecule has 1 aliphatic carbocycles. The van der Waals surface area contributed by atoms with Crippen LogP contribution in [-0.2, 0) is 0 Å². The average Bonchev–Trinajstić information content (AvgIpc) is 2.69. The van der Waals surface area contributed by atoms with Crippen molar-refractivity contribution in [1.29, 1.82) is 0 Å². The van der Waals surface area contributed by atoms with Crippen LogP contribution in [0.25, 0.3) is 22.0 Å². The zero-order valence-corrected chi connectivity index (χ0v) is 17.4. The third kappa shape index (κ3) is 5.37. The van der Waals surface area contributed by atoms with Crippen molar-refractivity contribution in [1.82, 2.24) is 15.5 Å². The number of aromatic nitrogens is 2. The van der Waals surface area contributed by atoms with Gasteiger partial charge in [0.05, 0.1) is 11.1 Å². The summed E-state index contributed by atoms with van der Waals surface area (Å²) < 4.78 is 0. The summed E-state index contributed by atoms with van der Waals surface area (Å²) >= 11 is 0. The van der Waals surface area contributed by atoms with Crippen LogP contribution in [0.1, 0.15) is 38.5 Å². The molecule has 0 radical (unpaired) electrons. The molecule has 0 saturated heterocycles. The summed E-state index contributed by atoms with van der Waals surface area (Å²) in [5.74, 6) is 0. The molecule has 29 heavy (non-hydrogen) atoms. The number of unbranched alkanes of at least 4 members (excludes halogenated alkanes) is 2. The number of anilines is 1. The molecule has 2 aromatic carbocycles. The molecule has 1 aromatic heterocycles. The number of rotatable bonds is 9. The lowest BCUT2D eigenvalue weighted by Gasteiger charge is -2.26. The maximum absolute atomic E-state index is 12.0. The molecule has 0 atom stereocenters. The summed E-state index contributed by atoms with van der Waals surface area (Å²) in [6, 6.07) is 16.6. The first-order chi connectivity index (χ1) is 13.8. The number of halogens is 1. The molecule has 4 rings (SSSR count). The Kier molecular flexibility index (Phi) is 7.67. The highest BCUT2D eigenvalue weighted by Gasteiger charge is 2.15. The van der Waals surface area contributed by atoms with Crippen LogP contribution in [0.3, 0.4) is 0 Å². The lowest BCUT2D eigenvalue weighted by molar-refractivity contribution is 0.337. The predicted octanol–water partition coefficient (Wildman–Crippen LogP) is 4.74. The highest BCUT2D eigenvalue weighted by molar-refractivity contribution is 5.94. The minimum absolute atomic E-state index is 0. The van der Waals surface area contributed by atoms with Crippen LogP contribution in [0.4, 0.5) is 5.69 Å². The van der Waals surface area contributed by atoms with E-state index in [0.29, 0.717) is 5.39 Å². The van der Waals surface area contributed by atoms with E-state index in [4.69, 9.17) is 0 Å². The second-order valence-corrected chi connectivity index (χ2v) is 7.60. The molecule has 0 amide bonds. The molecule has 0 aliphatic heterocycles. The van der Waals surface area contributed by atoms with Gasteiger partial charge < -0.3 is 10.6 Å². The molecule has 0 spiro atoms. The van der Waals surface area contributed by atoms with Crippen molar-refractivity contribution in [2.75, 3.05) is 18.4 Å². The standard InChI is InChI=1S/C23H28N4O.ClH/c28-23-21-13-3-2-12-20(21)22(26-27-23)17-8-6-11-19(16-17)25-15-5-1-4-14-24-18-9-7-10-18;/h2-3,6,8,11-13,16,18,24-25H,1,4-5,7,9-10,14-15H2,(H,27,28);1H. The fraction of sp³-hybridized carbons (Fsp3) is 0.391. The summed E-state index contributed by atoms with van der Waals surface area (Å²) in [7, 11) is 0. The summed E-state index contributed by atoms with van der Waals surface area (Å²) in [6.45, 7) is 2.11. The van der Waals surface area contributed by atoms with Crippen LogP contribution in [0.15, 0.2) is 53.3 Å². The number of nitrogens with zero attached hydrogens (tertiary/aromatic N) is 1. The molecule has 1 heterocycles. The van der Waals surface area contributed by atoms with Crippen LogP contribution < -0.4 is 16.2 Å². The summed E-state index contributed by atoms with van der Waals surface area (Å²) in [5.41, 5.74) is 2.74. The van der Waals surface area contributed by atoms with E-state index in [1.54, 1.807) is 0 Å². The Balaban J connectivity index is 0.00000240. The molecule has 1 fully saturated rings. The third-order valence-corrected chi connectivity index (χ3v) is 5.55. The van der Waals surface area contributed by atoms with Gasteiger partial charge in [-0.25, -0.2) is 5.10 Å². The van der Waals surface area contributed by atoms with Gasteiger partial charge in [0.1, 0.15) is 0 Å². The smallest absolute Gasteiger partial charge is 0.272 e. The first-order valence-electron chi connectivity index (χ1n) is 10.4. The number of aromatic amines is 1. The Hall–Kier alpha value is -2.37. The van der Waals surface area contributed by atoms with Gasteiger partial charge in [-0.1, -0.05) is 43.2 Å². The highest BCUT2D eigenvalue weighted by atomic mass is 35.5. The van der Waals surface area contributed by atoms with Gasteiger partial charge in [0.2, 0.25) is 0 Å². The molecule has 5 nitrogen and oxygen atoms in total. The zero-order valence-electron chi connectivity index (χ0n) is 16.6. The van der Waals surface area contributed by atoms with E-state index in [1.807, 2.05) is 36.4 Å². The Morgan fingerprint density at radius 1 is 0.966 bits per heavy atom. The minimum atomic E-state index is -0.152. The van der Waals surface area contributed by atoms with Crippen molar-refractivity contribution in [2.24, 2.45) is 0 Å². The van der Waals surface area contributed by atoms with Crippen LogP contribution >= 0.6 is 12.4 Å². The molecule has 3 aromatic rings. The number of hydrogen-bond donors (Lipinski definition) is 3. The van der Waals surface area contributed by atoms with Gasteiger partial charge >= 0.3 is 0 Å². The minimum Gasteiger partial charge on any atom is -0.385 e. The number of benzene rings is 2. The number of nitrogens with one attached hydrogen (secondary N) is 3. The zero-order chi connectivity index (χ0) is 19.2. The van der Waals surface area contributed by atoms with Crippen molar-refractivity contribution in [2.45, 2.75) is 44.6 Å². The van der Waals surface area contributed by atoms with Gasteiger partial charge in [-0.3, -0.25) is 4.79 Å². The van der Waals surface area contributed by atoms with Crippen molar-refractivity contribution < 1.29 is 0 Å². The normalized spacial score (nSPS) is 13.7. The third-order valence-electron chi connectivity index (χ3n) is 5.55. The lowest BCUT2D eigenvalue weighted by Crippen LogP contribution is -2.35. The van der Waals surface area contributed by atoms with Gasteiger partial charge in [0.25, 0.3) is 5.56 Å². The monoisotopic (exact) mass is 412 g/mol. The largest absolute Gasteiger partial charge is 0.385 e. The number of hydrogen-bond acceptors (Lipinski definition) is 4. The van der Waals surface area contributed by atoms with E-state index in [1.165, 1.54) is 32.1 Å². The Morgan fingerprint density at radius 2 is 1.76 bits per heavy atom. The molecule has 6 heteroatoms. The van der Waals surface area contributed by atoms with Gasteiger partial charge in [-0.15, -0.1) is 12.4 Å². The Labute approximate surface area is 177 Å². The quantitative estimate of drug-likeness (QED) is 0.444. The van der Waals surface area contributed by atoms with Crippen molar-refractivity contribution in [3.05, 3.63) is 58.9 Å². The van der Waals surface area contributed by atoms with Crippen LogP contribution in [0.5, 0.6) is 0 Å². The van der Waals surface area contributed by atoms with E-state index in [-0.39, 0.29) is 18.0 Å². The second-order valence-electron chi connectivity index (χ2n) is 7.60. The molecule has 1 aliphatic rings. The maximum Gasteiger partial charge on any atom is 0.272 e. The molecule has 0 unspecified atom stereocenters. The first kappa shape index (κ1) is 21.3. The van der Waals surface area contributed by atoms with Gasteiger partial charge in [0, 0.05) is 29.2 Å². The topological polar surface area (TPSA) is 69.8 Å². The number of fused-ring (bicyclic) bond motifs is 1. The Morgan fingerprint density at radius 3 is 2.55 bits per heavy atom. The Bertz CT molecular complexity index is 984. The maximum atomic E-state index is 12.0. The summed E-state index contributed by atoms with van der Waals surface area (Å²) in [4.78, 5) is 12.0. The van der Waals surface area contributed by atoms with E-state index in [9.17, 15) is 4.79 Å². The fourth-order valence-corrected chi connectivity index (χ4v) is 3.69. The SMILES string of the molecule is Cl.O=c1[nH]nc(-c2cccc(NCCCCCNC3CCC3)c2)c2ccccc12. The van der Waals surface area contributed by atoms with Crippen LogP contribution in [-0.4, -0.2) is 29.3 Å². The summed E-state index contributed by atoms with van der Waals surface area (Å²) in [5, 5.41) is 15.6. The van der Waals surface area contributed by atoms with Crippen LogP contribution in [0.2, 0.25) is 0 Å². The number of H-pyrrole nitrogens is 1. The molecule has 1 saturated carbocycles. The van der Waals surface area contributed by atoms with Gasteiger partial charge in [0.15, 0.2) is 0 Å². The molecular weight excluding hydrogens is 384 g/mol. The van der Waals surface area contributed by atoms with Gasteiger partial charge in [-0.2, -0.15) is 5.10 Å². The van der Waals surface area contributed by atoms with E-state index >= 15 is 0 Å². The molecule has 3 N–H and O–H groups in total. The van der Waals surface area contributed by atoms with Crippen molar-refractivity contribution >= 4 is 28.9 Å². The van der Waals surface area contributed by atoms with Gasteiger partial charge in [-0.05, 0) is 50.4 Å². The predicted molar refractivity (Wildman–Crippen MR) is 123 cm³/mol. The molecule has 0 bridgehead atoms. The van der Waals surface area contributed by atoms with Crippen molar-refractivity contribution in [3.63, 3.8) is 0 Å². The molecule has 154 valence electrons. The molecular formula is C23H29ClN4O. The second kappa shape index (κ2) is 10.4. The summed E-state index contributed by atoms with van der Waals surface area (Å²) in [6.07, 6.45) is 7.75. The first-order valence-corrected chi connectivity index (χ1v) is 10.4. The van der Waals surface area contributed by atoms with E-state index in [0.717, 1.165) is 47.9 Å². The van der Waals surface area contributed by atoms with E-state index < -0.39 is 0 Å². The van der Waals surface area contributed by atoms with Crippen LogP contribution in [0, 0.1) is 0 Å². The van der Waals surface area contributed by atoms with Crippen molar-refractivity contribution in [3.8, 4) is 11.3 Å². The van der Waals surface area contributed by atoms with E-state index in [2.05, 4.69) is 33.0 Å². The highest BCUT2D eigenvalue weighted by Crippen LogP contribution is 2.26. The lowest BCUT2D eigenvalue weighted by atomic mass is 9.93. The fourth-order valence-electron chi connectivity index (χ4n) is 3.69.